The third-order valence-electron chi connectivity index (χ3n) is 3.93. The van der Waals surface area contributed by atoms with Crippen molar-refractivity contribution in [3.8, 4) is 0 Å². The van der Waals surface area contributed by atoms with Gasteiger partial charge in [-0.3, -0.25) is 0 Å². The van der Waals surface area contributed by atoms with E-state index in [1.165, 1.54) is 24.2 Å². The van der Waals surface area contributed by atoms with Crippen molar-refractivity contribution in [1.29, 1.82) is 0 Å². The fourth-order valence-corrected chi connectivity index (χ4v) is 7.62. The molecule has 0 radical (unpaired) electrons. The third-order valence-corrected chi connectivity index (χ3v) is 8.72. The van der Waals surface area contributed by atoms with Crippen LogP contribution in [-0.4, -0.2) is 13.9 Å². The molecule has 0 amide bonds. The number of rotatable bonds is 3. The molecule has 0 saturated carbocycles. The summed E-state index contributed by atoms with van der Waals surface area (Å²) < 4.78 is 4.39. The van der Waals surface area contributed by atoms with Crippen LogP contribution in [0.2, 0.25) is 0 Å². The first-order valence-electron chi connectivity index (χ1n) is 7.76. The summed E-state index contributed by atoms with van der Waals surface area (Å²) in [6.45, 7) is 0. The molecule has 4 aromatic carbocycles. The van der Waals surface area contributed by atoms with E-state index < -0.39 is 13.9 Å². The molecule has 110 valence electrons. The van der Waals surface area contributed by atoms with Crippen molar-refractivity contribution in [2.24, 2.45) is 0 Å². The second-order valence-electron chi connectivity index (χ2n) is 5.41. The first kappa shape index (κ1) is 14.3. The fraction of sp³-hybridized carbons (Fsp3) is 0. The van der Waals surface area contributed by atoms with Crippen molar-refractivity contribution in [3.05, 3.63) is 103 Å². The molecule has 0 nitrogen and oxygen atoms in total. The molecule has 0 saturated heterocycles. The summed E-state index contributed by atoms with van der Waals surface area (Å²) in [5, 5.41) is 2.71. The quantitative estimate of drug-likeness (QED) is 0.492. The minimum absolute atomic E-state index is 1.29. The molecule has 23 heavy (non-hydrogen) atoms. The van der Waals surface area contributed by atoms with Crippen LogP contribution >= 0.6 is 0 Å². The zero-order chi connectivity index (χ0) is 15.5. The van der Waals surface area contributed by atoms with Gasteiger partial charge in [-0.25, -0.2) is 0 Å². The molecule has 0 aromatic heterocycles. The molecule has 0 spiro atoms. The Hall–Kier alpha value is -2.34. The van der Waals surface area contributed by atoms with Gasteiger partial charge in [0.25, 0.3) is 0 Å². The van der Waals surface area contributed by atoms with Gasteiger partial charge in [0.05, 0.1) is 0 Å². The summed E-state index contributed by atoms with van der Waals surface area (Å²) in [5.74, 6) is 0. The average molecular weight is 360 g/mol. The second-order valence-corrected chi connectivity index (χ2v) is 9.60. The summed E-state index contributed by atoms with van der Waals surface area (Å²) in [7, 11) is 0. The topological polar surface area (TPSA) is 0 Å². The predicted octanol–water partition coefficient (Wildman–Crippen LogP) is 3.36. The van der Waals surface area contributed by atoms with Crippen molar-refractivity contribution in [2.45, 2.75) is 0 Å². The zero-order valence-electron chi connectivity index (χ0n) is 12.7. The molecule has 0 aliphatic heterocycles. The van der Waals surface area contributed by atoms with Crippen molar-refractivity contribution in [2.75, 3.05) is 0 Å². The molecule has 0 bridgehead atoms. The van der Waals surface area contributed by atoms with E-state index in [9.17, 15) is 0 Å². The van der Waals surface area contributed by atoms with Crippen LogP contribution in [0.4, 0.5) is 0 Å². The van der Waals surface area contributed by atoms with Crippen LogP contribution in [0.15, 0.2) is 103 Å². The van der Waals surface area contributed by atoms with Gasteiger partial charge in [0.2, 0.25) is 0 Å². The van der Waals surface area contributed by atoms with E-state index in [2.05, 4.69) is 103 Å². The summed E-state index contributed by atoms with van der Waals surface area (Å²) in [6.07, 6.45) is 0. The van der Waals surface area contributed by atoms with Gasteiger partial charge < -0.3 is 0 Å². The van der Waals surface area contributed by atoms with Gasteiger partial charge in [0.1, 0.15) is 0 Å². The Kier molecular flexibility index (Phi) is 3.98. The molecule has 0 unspecified atom stereocenters. The molecular weight excluding hydrogens is 343 g/mol. The number of fused-ring (bicyclic) bond motifs is 1. The second kappa shape index (κ2) is 6.42. The normalized spacial score (nSPS) is 11.0. The number of benzene rings is 4. The van der Waals surface area contributed by atoms with E-state index in [1.54, 1.807) is 0 Å². The Labute approximate surface area is 141 Å². The van der Waals surface area contributed by atoms with E-state index in [1.807, 2.05) is 0 Å². The first-order valence-corrected chi connectivity index (χ1v) is 10.3. The van der Waals surface area contributed by atoms with Crippen molar-refractivity contribution < 1.29 is 0 Å². The van der Waals surface area contributed by atoms with E-state index in [0.717, 1.165) is 0 Å². The van der Waals surface area contributed by atoms with Crippen LogP contribution < -0.4 is 13.4 Å². The molecule has 4 rings (SSSR count). The van der Waals surface area contributed by atoms with Gasteiger partial charge in [-0.1, -0.05) is 0 Å². The van der Waals surface area contributed by atoms with Crippen LogP contribution in [0, 0.1) is 0 Å². The van der Waals surface area contributed by atoms with Gasteiger partial charge in [-0.15, -0.1) is 0 Å². The summed E-state index contributed by atoms with van der Waals surface area (Å²) >= 11 is -1.29. The molecule has 0 atom stereocenters. The van der Waals surface area contributed by atoms with Crippen LogP contribution in [0.3, 0.4) is 0 Å². The SMILES string of the molecule is c1ccc([Se+](c2ccccc2)c2cccc3ccccc23)cc1. The van der Waals surface area contributed by atoms with Gasteiger partial charge >= 0.3 is 141 Å². The van der Waals surface area contributed by atoms with Crippen molar-refractivity contribution >= 4 is 38.1 Å². The van der Waals surface area contributed by atoms with Crippen molar-refractivity contribution in [3.63, 3.8) is 0 Å². The zero-order valence-corrected chi connectivity index (χ0v) is 14.4. The molecule has 0 N–H and O–H groups in total. The van der Waals surface area contributed by atoms with E-state index in [4.69, 9.17) is 0 Å². The summed E-state index contributed by atoms with van der Waals surface area (Å²) in [4.78, 5) is 0. The van der Waals surface area contributed by atoms with Gasteiger partial charge in [-0.05, 0) is 0 Å². The Balaban J connectivity index is 1.98. The van der Waals surface area contributed by atoms with Gasteiger partial charge in [-0.2, -0.15) is 0 Å². The average Bonchev–Trinajstić information content (AvgIpc) is 2.64. The van der Waals surface area contributed by atoms with E-state index in [-0.39, 0.29) is 0 Å². The molecule has 0 aliphatic carbocycles. The molecular formula is C22H17Se+. The van der Waals surface area contributed by atoms with Crippen LogP contribution in [0.25, 0.3) is 10.8 Å². The maximum atomic E-state index is 2.31. The fourth-order valence-electron chi connectivity index (χ4n) is 2.88. The monoisotopic (exact) mass is 361 g/mol. The van der Waals surface area contributed by atoms with Crippen LogP contribution in [0.5, 0.6) is 0 Å². The molecule has 0 heterocycles. The predicted molar refractivity (Wildman–Crippen MR) is 101 cm³/mol. The van der Waals surface area contributed by atoms with Gasteiger partial charge in [0, 0.05) is 0 Å². The number of hydrogen-bond acceptors (Lipinski definition) is 0. The molecule has 1 heteroatoms. The molecule has 0 aliphatic rings. The van der Waals surface area contributed by atoms with Crippen LogP contribution in [-0.2, 0) is 0 Å². The van der Waals surface area contributed by atoms with Crippen LogP contribution in [0.1, 0.15) is 0 Å². The Morgan fingerprint density at radius 3 is 1.61 bits per heavy atom. The Morgan fingerprint density at radius 2 is 0.957 bits per heavy atom. The Bertz CT molecular complexity index is 869. The minimum atomic E-state index is -1.29. The number of hydrogen-bond donors (Lipinski definition) is 0. The summed E-state index contributed by atoms with van der Waals surface area (Å²) in [5.41, 5.74) is 0. The summed E-state index contributed by atoms with van der Waals surface area (Å²) in [6, 6.07) is 37.4. The third kappa shape index (κ3) is 2.82. The molecule has 4 aromatic rings. The molecule has 0 fully saturated rings. The van der Waals surface area contributed by atoms with E-state index >= 15 is 0 Å². The maximum absolute atomic E-state index is 2.31. The first-order chi connectivity index (χ1) is 11.4. The standard InChI is InChI=1S/C22H17Se/c1-3-12-19(13-4-1)23(20-14-5-2-6-15-20)22-17-9-11-18-10-7-8-16-21(18)22/h1-17H/q+1. The Morgan fingerprint density at radius 1 is 0.435 bits per heavy atom. The van der Waals surface area contributed by atoms with E-state index in [0.29, 0.717) is 0 Å². The van der Waals surface area contributed by atoms with Crippen molar-refractivity contribution in [1.82, 2.24) is 0 Å². The van der Waals surface area contributed by atoms with Gasteiger partial charge in [0.15, 0.2) is 0 Å².